The van der Waals surface area contributed by atoms with Gasteiger partial charge in [-0.25, -0.2) is 4.79 Å². The zero-order valence-corrected chi connectivity index (χ0v) is 12.8. The molecule has 22 heavy (non-hydrogen) atoms. The molecule has 0 fully saturated rings. The van der Waals surface area contributed by atoms with Crippen LogP contribution in [-0.2, 0) is 19.1 Å². The number of hydrogen-bond acceptors (Lipinski definition) is 5. The highest BCUT2D eigenvalue weighted by Gasteiger charge is 2.35. The van der Waals surface area contributed by atoms with Crippen molar-refractivity contribution in [2.24, 2.45) is 0 Å². The van der Waals surface area contributed by atoms with Crippen molar-refractivity contribution >= 4 is 11.9 Å². The van der Waals surface area contributed by atoms with Crippen LogP contribution in [0.1, 0.15) is 55.8 Å². The Morgan fingerprint density at radius 2 is 2.14 bits per heavy atom. The fourth-order valence-corrected chi connectivity index (χ4v) is 2.93. The molecule has 0 amide bonds. The number of furan rings is 1. The van der Waals surface area contributed by atoms with E-state index in [1.54, 1.807) is 6.26 Å². The van der Waals surface area contributed by atoms with Crippen molar-refractivity contribution in [2.45, 2.75) is 45.8 Å². The molecule has 1 aromatic heterocycles. The van der Waals surface area contributed by atoms with E-state index in [9.17, 15) is 9.59 Å². The smallest absolute Gasteiger partial charge is 0.334 e. The molecule has 2 heterocycles. The second kappa shape index (κ2) is 5.48. The molecule has 0 spiro atoms. The van der Waals surface area contributed by atoms with Crippen LogP contribution in [0.4, 0.5) is 0 Å². The molecule has 1 aliphatic heterocycles. The molecule has 0 saturated heterocycles. The van der Waals surface area contributed by atoms with E-state index in [0.717, 1.165) is 16.7 Å². The molecule has 0 saturated carbocycles. The Bertz CT molecular complexity index is 692. The standard InChI is InChI=1S/C17H18O5/c1-9-5-4-6-12-7-13(22-17(12)19)14-10(2)8-20-16(14)15(9)21-11(3)18/h5,7-8,13,15H,4,6H2,1-3H3/b9-5-/t13-,15-/m1/s1. The van der Waals surface area contributed by atoms with E-state index in [2.05, 4.69) is 0 Å². The van der Waals surface area contributed by atoms with Crippen molar-refractivity contribution in [1.82, 2.24) is 0 Å². The molecular weight excluding hydrogens is 284 g/mol. The third-order valence-electron chi connectivity index (χ3n) is 4.00. The van der Waals surface area contributed by atoms with E-state index in [-0.39, 0.29) is 11.9 Å². The highest BCUT2D eigenvalue weighted by molar-refractivity contribution is 5.91. The molecule has 2 aliphatic rings. The molecule has 3 rings (SSSR count). The van der Waals surface area contributed by atoms with Crippen molar-refractivity contribution in [3.63, 3.8) is 0 Å². The lowest BCUT2D eigenvalue weighted by Gasteiger charge is -2.19. The van der Waals surface area contributed by atoms with Gasteiger partial charge in [-0.3, -0.25) is 4.79 Å². The maximum Gasteiger partial charge on any atom is 0.334 e. The third-order valence-corrected chi connectivity index (χ3v) is 4.00. The number of aryl methyl sites for hydroxylation is 1. The van der Waals surface area contributed by atoms with Crippen LogP contribution in [0.25, 0.3) is 0 Å². The maximum absolute atomic E-state index is 11.9. The summed E-state index contributed by atoms with van der Waals surface area (Å²) in [4.78, 5) is 23.4. The second-order valence-corrected chi connectivity index (χ2v) is 5.69. The van der Waals surface area contributed by atoms with E-state index in [0.29, 0.717) is 24.2 Å². The van der Waals surface area contributed by atoms with Gasteiger partial charge in [0, 0.05) is 18.1 Å². The topological polar surface area (TPSA) is 65.7 Å². The molecule has 116 valence electrons. The summed E-state index contributed by atoms with van der Waals surface area (Å²) in [5, 5.41) is 0. The van der Waals surface area contributed by atoms with E-state index in [1.165, 1.54) is 6.92 Å². The Hall–Kier alpha value is -2.30. The molecule has 1 aromatic rings. The summed E-state index contributed by atoms with van der Waals surface area (Å²) in [6.45, 7) is 5.16. The summed E-state index contributed by atoms with van der Waals surface area (Å²) in [7, 11) is 0. The minimum atomic E-state index is -0.588. The highest BCUT2D eigenvalue weighted by Crippen LogP contribution is 2.41. The van der Waals surface area contributed by atoms with Crippen molar-refractivity contribution in [3.05, 3.63) is 46.4 Å². The third kappa shape index (κ3) is 2.47. The Morgan fingerprint density at radius 3 is 2.86 bits per heavy atom. The lowest BCUT2D eigenvalue weighted by Crippen LogP contribution is -2.13. The molecule has 5 nitrogen and oxygen atoms in total. The lowest BCUT2D eigenvalue weighted by molar-refractivity contribution is -0.146. The van der Waals surface area contributed by atoms with Gasteiger partial charge in [-0.15, -0.1) is 0 Å². The zero-order valence-electron chi connectivity index (χ0n) is 12.8. The zero-order chi connectivity index (χ0) is 15.9. The van der Waals surface area contributed by atoms with Crippen LogP contribution < -0.4 is 0 Å². The second-order valence-electron chi connectivity index (χ2n) is 5.69. The van der Waals surface area contributed by atoms with Crippen LogP contribution in [0, 0.1) is 6.92 Å². The summed E-state index contributed by atoms with van der Waals surface area (Å²) < 4.78 is 16.6. The van der Waals surface area contributed by atoms with Gasteiger partial charge in [0.2, 0.25) is 0 Å². The van der Waals surface area contributed by atoms with Gasteiger partial charge in [0.05, 0.1) is 6.26 Å². The van der Waals surface area contributed by atoms with Crippen LogP contribution >= 0.6 is 0 Å². The van der Waals surface area contributed by atoms with Gasteiger partial charge in [0.15, 0.2) is 18.0 Å². The van der Waals surface area contributed by atoms with Crippen molar-refractivity contribution in [3.8, 4) is 0 Å². The van der Waals surface area contributed by atoms with Crippen molar-refractivity contribution in [2.75, 3.05) is 0 Å². The average Bonchev–Trinajstić information content (AvgIpc) is 2.98. The van der Waals surface area contributed by atoms with Gasteiger partial charge in [0.1, 0.15) is 0 Å². The Morgan fingerprint density at radius 1 is 1.36 bits per heavy atom. The predicted molar refractivity (Wildman–Crippen MR) is 77.9 cm³/mol. The van der Waals surface area contributed by atoms with Crippen LogP contribution in [0.15, 0.2) is 34.0 Å². The highest BCUT2D eigenvalue weighted by atomic mass is 16.6. The normalized spacial score (nSPS) is 26.4. The van der Waals surface area contributed by atoms with Gasteiger partial charge in [-0.2, -0.15) is 0 Å². The summed E-state index contributed by atoms with van der Waals surface area (Å²) in [5.74, 6) is -0.137. The summed E-state index contributed by atoms with van der Waals surface area (Å²) in [6, 6.07) is 0. The van der Waals surface area contributed by atoms with E-state index in [1.807, 2.05) is 26.0 Å². The van der Waals surface area contributed by atoms with Crippen LogP contribution in [0.2, 0.25) is 0 Å². The monoisotopic (exact) mass is 302 g/mol. The Kier molecular flexibility index (Phi) is 3.64. The number of carbonyl (C=O) groups excluding carboxylic acids is 2. The van der Waals surface area contributed by atoms with E-state index in [4.69, 9.17) is 13.9 Å². The number of allylic oxidation sites excluding steroid dienone is 1. The molecule has 5 heteroatoms. The first-order valence-electron chi connectivity index (χ1n) is 7.30. The number of fused-ring (bicyclic) bond motifs is 3. The van der Waals surface area contributed by atoms with Gasteiger partial charge < -0.3 is 13.9 Å². The number of ether oxygens (including phenoxy) is 2. The van der Waals surface area contributed by atoms with E-state index < -0.39 is 12.2 Å². The van der Waals surface area contributed by atoms with Gasteiger partial charge in [0.25, 0.3) is 0 Å². The van der Waals surface area contributed by atoms with Gasteiger partial charge in [-0.05, 0) is 43.9 Å². The molecule has 0 aromatic carbocycles. The minimum absolute atomic E-state index is 0.284. The summed E-state index contributed by atoms with van der Waals surface area (Å²) in [6.07, 6.45) is 5.66. The molecule has 2 atom stereocenters. The van der Waals surface area contributed by atoms with Crippen LogP contribution in [-0.4, -0.2) is 11.9 Å². The largest absolute Gasteiger partial charge is 0.464 e. The number of rotatable bonds is 1. The number of hydrogen-bond donors (Lipinski definition) is 0. The fourth-order valence-electron chi connectivity index (χ4n) is 2.93. The summed E-state index contributed by atoms with van der Waals surface area (Å²) >= 11 is 0. The number of esters is 2. The van der Waals surface area contributed by atoms with Crippen LogP contribution in [0.5, 0.6) is 0 Å². The lowest BCUT2D eigenvalue weighted by atomic mass is 9.96. The Labute approximate surface area is 128 Å². The molecule has 0 N–H and O–H groups in total. The maximum atomic E-state index is 11.9. The first-order chi connectivity index (χ1) is 10.5. The fraction of sp³-hybridized carbons (Fsp3) is 0.412. The molecule has 0 unspecified atom stereocenters. The molecule has 2 bridgehead atoms. The molecular formula is C17H18O5. The summed E-state index contributed by atoms with van der Waals surface area (Å²) in [5.41, 5.74) is 3.21. The first-order valence-corrected chi connectivity index (χ1v) is 7.30. The quantitative estimate of drug-likeness (QED) is 0.587. The van der Waals surface area contributed by atoms with Gasteiger partial charge in [-0.1, -0.05) is 6.08 Å². The van der Waals surface area contributed by atoms with Crippen molar-refractivity contribution in [1.29, 1.82) is 0 Å². The van der Waals surface area contributed by atoms with Crippen molar-refractivity contribution < 1.29 is 23.5 Å². The average molecular weight is 302 g/mol. The minimum Gasteiger partial charge on any atom is -0.464 e. The van der Waals surface area contributed by atoms with Gasteiger partial charge >= 0.3 is 11.9 Å². The molecule has 0 radical (unpaired) electrons. The van der Waals surface area contributed by atoms with Crippen LogP contribution in [0.3, 0.4) is 0 Å². The van der Waals surface area contributed by atoms with E-state index >= 15 is 0 Å². The first kappa shape index (κ1) is 14.6. The Balaban J connectivity index is 2.13. The predicted octanol–water partition coefficient (Wildman–Crippen LogP) is 3.46. The SMILES string of the molecule is CC(=O)O[C@@H]1/C(C)=C\CCC2=C[C@@H](OC2=O)c2c(C)coc21. The molecule has 1 aliphatic carbocycles. The number of carbonyl (C=O) groups is 2.